The van der Waals surface area contributed by atoms with Crippen molar-refractivity contribution in [2.45, 2.75) is 57.7 Å². The number of hydrogen-bond donors (Lipinski definition) is 2. The summed E-state index contributed by atoms with van der Waals surface area (Å²) in [4.78, 5) is 7.47. The van der Waals surface area contributed by atoms with Crippen LogP contribution in [0.5, 0.6) is 5.75 Å². The highest BCUT2D eigenvalue weighted by Crippen LogP contribution is 2.29. The van der Waals surface area contributed by atoms with E-state index >= 15 is 0 Å². The zero-order valence-corrected chi connectivity index (χ0v) is 21.7. The average molecular weight is 553 g/mol. The molecule has 2 aliphatic rings. The third-order valence-electron chi connectivity index (χ3n) is 6.36. The van der Waals surface area contributed by atoms with Crippen LogP contribution < -0.4 is 15.4 Å². The van der Waals surface area contributed by atoms with Crippen molar-refractivity contribution in [1.29, 1.82) is 0 Å². The Morgan fingerprint density at radius 2 is 1.84 bits per heavy atom. The fourth-order valence-corrected chi connectivity index (χ4v) is 4.05. The molecule has 2 N–H and O–H groups in total. The number of aliphatic imine (C=N–C) groups is 1. The second-order valence-electron chi connectivity index (χ2n) is 8.60. The van der Waals surface area contributed by atoms with E-state index in [9.17, 15) is 0 Å². The van der Waals surface area contributed by atoms with Crippen molar-refractivity contribution in [1.82, 2.24) is 30.3 Å². The first-order valence-corrected chi connectivity index (χ1v) is 11.4. The molecule has 0 bridgehead atoms. The average Bonchev–Trinajstić information content (AvgIpc) is 3.60. The lowest BCUT2D eigenvalue weighted by Crippen LogP contribution is -2.49. The summed E-state index contributed by atoms with van der Waals surface area (Å²) in [6.07, 6.45) is 6.02. The van der Waals surface area contributed by atoms with Crippen molar-refractivity contribution >= 4 is 29.9 Å². The summed E-state index contributed by atoms with van der Waals surface area (Å²) >= 11 is 0. The summed E-state index contributed by atoms with van der Waals surface area (Å²) < 4.78 is 7.24. The summed E-state index contributed by atoms with van der Waals surface area (Å²) in [5.74, 6) is 3.52. The number of nitrogens with one attached hydrogen (secondary N) is 2. The smallest absolute Gasteiger partial charge is 0.191 e. The molecule has 2 heterocycles. The fraction of sp³-hybridized carbons (Fsp3) is 0.609. The van der Waals surface area contributed by atoms with E-state index in [1.54, 1.807) is 7.11 Å². The highest BCUT2D eigenvalue weighted by molar-refractivity contribution is 14.0. The highest BCUT2D eigenvalue weighted by atomic mass is 127. The van der Waals surface area contributed by atoms with Gasteiger partial charge in [-0.3, -0.25) is 0 Å². The molecule has 1 aliphatic heterocycles. The summed E-state index contributed by atoms with van der Waals surface area (Å²) in [6.45, 7) is 5.65. The number of benzene rings is 1. The predicted octanol–water partition coefficient (Wildman–Crippen LogP) is 2.65. The first kappa shape index (κ1) is 24.8. The van der Waals surface area contributed by atoms with Crippen LogP contribution >= 0.6 is 24.0 Å². The predicted molar refractivity (Wildman–Crippen MR) is 138 cm³/mol. The van der Waals surface area contributed by atoms with Crippen LogP contribution in [0.2, 0.25) is 0 Å². The zero-order valence-electron chi connectivity index (χ0n) is 19.4. The molecule has 0 amide bonds. The Kier molecular flexibility index (Phi) is 9.15. The number of hydrogen-bond acceptors (Lipinski definition) is 5. The fourth-order valence-electron chi connectivity index (χ4n) is 4.05. The lowest BCUT2D eigenvalue weighted by Gasteiger charge is -2.33. The Morgan fingerprint density at radius 1 is 1.12 bits per heavy atom. The molecule has 1 aromatic heterocycles. The van der Waals surface area contributed by atoms with Crippen LogP contribution in [0.15, 0.2) is 29.3 Å². The first-order chi connectivity index (χ1) is 15.1. The van der Waals surface area contributed by atoms with Crippen molar-refractivity contribution in [2.24, 2.45) is 12.0 Å². The molecule has 8 nitrogen and oxygen atoms in total. The number of rotatable bonds is 8. The van der Waals surface area contributed by atoms with E-state index in [-0.39, 0.29) is 24.0 Å². The number of nitrogens with zero attached hydrogens (tertiary/aromatic N) is 5. The number of guanidine groups is 1. The molecule has 0 unspecified atom stereocenters. The quantitative estimate of drug-likeness (QED) is 0.298. The molecule has 176 valence electrons. The maximum atomic E-state index is 5.25. The van der Waals surface area contributed by atoms with Gasteiger partial charge in [-0.2, -0.15) is 0 Å². The van der Waals surface area contributed by atoms with Gasteiger partial charge in [0.1, 0.15) is 18.1 Å². The molecule has 0 spiro atoms. The molecule has 1 aliphatic carbocycles. The van der Waals surface area contributed by atoms with Crippen LogP contribution in [0.4, 0.5) is 0 Å². The zero-order chi connectivity index (χ0) is 21.6. The number of likely N-dealkylation sites (tertiary alicyclic amines) is 1. The molecule has 2 fully saturated rings. The highest BCUT2D eigenvalue weighted by Gasteiger charge is 2.31. The van der Waals surface area contributed by atoms with Gasteiger partial charge in [0.05, 0.1) is 7.11 Å². The van der Waals surface area contributed by atoms with Gasteiger partial charge in [-0.15, -0.1) is 34.2 Å². The van der Waals surface area contributed by atoms with Gasteiger partial charge in [0.2, 0.25) is 0 Å². The second-order valence-corrected chi connectivity index (χ2v) is 8.60. The lowest BCUT2D eigenvalue weighted by molar-refractivity contribution is 0.197. The molecule has 1 saturated carbocycles. The van der Waals surface area contributed by atoms with Gasteiger partial charge >= 0.3 is 0 Å². The van der Waals surface area contributed by atoms with Gasteiger partial charge in [0.25, 0.3) is 0 Å². The minimum absolute atomic E-state index is 0. The van der Waals surface area contributed by atoms with Gasteiger partial charge in [0, 0.05) is 38.8 Å². The van der Waals surface area contributed by atoms with Crippen LogP contribution in [0.3, 0.4) is 0 Å². The van der Waals surface area contributed by atoms with E-state index in [1.165, 1.54) is 44.3 Å². The topological polar surface area (TPSA) is 79.6 Å². The largest absolute Gasteiger partial charge is 0.497 e. The Balaban J connectivity index is 0.00000289. The van der Waals surface area contributed by atoms with Crippen molar-refractivity contribution in [3.8, 4) is 5.75 Å². The van der Waals surface area contributed by atoms with E-state index in [2.05, 4.69) is 37.9 Å². The Morgan fingerprint density at radius 3 is 2.44 bits per heavy atom. The van der Waals surface area contributed by atoms with E-state index in [4.69, 9.17) is 9.73 Å². The standard InChI is InChI=1S/C23H35N7O.HI/c1-17-27-28-22(29(17)2)16-25-23(24-13-10-18-4-8-21(31-3)9-5-18)26-19-11-14-30(15-12-19)20-6-7-20;/h4-5,8-9,19-20H,6-7,10-16H2,1-3H3,(H2,24,25,26);1H. The number of aryl methyl sites for hydroxylation is 1. The maximum absolute atomic E-state index is 5.25. The van der Waals surface area contributed by atoms with Gasteiger partial charge in [-0.25, -0.2) is 4.99 Å². The minimum atomic E-state index is 0. The third-order valence-corrected chi connectivity index (χ3v) is 6.36. The van der Waals surface area contributed by atoms with Gasteiger partial charge in [-0.05, 0) is 56.7 Å². The van der Waals surface area contributed by atoms with Crippen LogP contribution in [-0.4, -0.2) is 64.5 Å². The minimum Gasteiger partial charge on any atom is -0.497 e. The molecular formula is C23H36IN7O. The van der Waals surface area contributed by atoms with E-state index in [0.29, 0.717) is 12.6 Å². The summed E-state index contributed by atoms with van der Waals surface area (Å²) in [5, 5.41) is 15.6. The third kappa shape index (κ3) is 6.81. The molecule has 32 heavy (non-hydrogen) atoms. The molecule has 9 heteroatoms. The summed E-state index contributed by atoms with van der Waals surface area (Å²) in [7, 11) is 3.68. The second kappa shape index (κ2) is 11.8. The summed E-state index contributed by atoms with van der Waals surface area (Å²) in [6, 6.07) is 9.56. The molecule has 0 radical (unpaired) electrons. The van der Waals surface area contributed by atoms with Crippen LogP contribution in [0.25, 0.3) is 0 Å². The number of ether oxygens (including phenoxy) is 1. The monoisotopic (exact) mass is 553 g/mol. The van der Waals surface area contributed by atoms with Crippen molar-refractivity contribution in [3.05, 3.63) is 41.5 Å². The maximum Gasteiger partial charge on any atom is 0.191 e. The SMILES string of the molecule is COc1ccc(CCNC(=NCc2nnc(C)n2C)NC2CCN(C3CC3)CC2)cc1.I. The normalized spacial score (nSPS) is 17.7. The molecule has 1 aromatic carbocycles. The Bertz CT molecular complexity index is 871. The molecule has 0 atom stereocenters. The van der Waals surface area contributed by atoms with Crippen molar-refractivity contribution in [3.63, 3.8) is 0 Å². The van der Waals surface area contributed by atoms with Gasteiger partial charge < -0.3 is 24.8 Å². The summed E-state index contributed by atoms with van der Waals surface area (Å²) in [5.41, 5.74) is 1.27. The molecule has 4 rings (SSSR count). The number of aromatic nitrogens is 3. The van der Waals surface area contributed by atoms with Crippen LogP contribution in [0.1, 0.15) is 42.9 Å². The van der Waals surface area contributed by atoms with Gasteiger partial charge in [0.15, 0.2) is 11.8 Å². The molecule has 2 aromatic rings. The first-order valence-electron chi connectivity index (χ1n) is 11.4. The van der Waals surface area contributed by atoms with Crippen LogP contribution in [-0.2, 0) is 20.0 Å². The van der Waals surface area contributed by atoms with Crippen molar-refractivity contribution in [2.75, 3.05) is 26.7 Å². The number of halogens is 1. The Labute approximate surface area is 208 Å². The van der Waals surface area contributed by atoms with Crippen molar-refractivity contribution < 1.29 is 4.74 Å². The van der Waals surface area contributed by atoms with E-state index in [0.717, 1.165) is 42.4 Å². The van der Waals surface area contributed by atoms with Gasteiger partial charge in [-0.1, -0.05) is 12.1 Å². The Hall–Kier alpha value is -1.88. The molecule has 1 saturated heterocycles. The number of piperidine rings is 1. The molecular weight excluding hydrogens is 517 g/mol. The lowest BCUT2D eigenvalue weighted by atomic mass is 10.1. The van der Waals surface area contributed by atoms with E-state index < -0.39 is 0 Å². The number of methoxy groups -OCH3 is 1. The van der Waals surface area contributed by atoms with Crippen LogP contribution in [0, 0.1) is 6.92 Å². The van der Waals surface area contributed by atoms with E-state index in [1.807, 2.05) is 30.7 Å².